The molecular formula is C14H14BrClFNO. The Balaban J connectivity index is 2.40. The number of hydrogen-bond acceptors (Lipinski definition) is 2. The summed E-state index contributed by atoms with van der Waals surface area (Å²) in [6.07, 6.45) is 2.53. The largest absolute Gasteiger partial charge is 0.467 e. The summed E-state index contributed by atoms with van der Waals surface area (Å²) in [7, 11) is 0. The molecule has 0 aliphatic carbocycles. The minimum absolute atomic E-state index is 0.318. The van der Waals surface area contributed by atoms with Crippen LogP contribution in [0.1, 0.15) is 30.7 Å². The minimum Gasteiger partial charge on any atom is -0.467 e. The molecule has 102 valence electrons. The summed E-state index contributed by atoms with van der Waals surface area (Å²) in [5, 5.41) is 3.75. The molecule has 19 heavy (non-hydrogen) atoms. The highest BCUT2D eigenvalue weighted by atomic mass is 79.9. The van der Waals surface area contributed by atoms with Crippen LogP contribution in [0.4, 0.5) is 4.39 Å². The average Bonchev–Trinajstić information content (AvgIpc) is 2.89. The molecule has 1 aromatic carbocycles. The van der Waals surface area contributed by atoms with Gasteiger partial charge in [-0.1, -0.05) is 18.5 Å². The van der Waals surface area contributed by atoms with Crippen LogP contribution in [0.2, 0.25) is 5.02 Å². The van der Waals surface area contributed by atoms with Gasteiger partial charge in [0.2, 0.25) is 0 Å². The van der Waals surface area contributed by atoms with Crippen molar-refractivity contribution in [2.24, 2.45) is 0 Å². The third kappa shape index (κ3) is 3.38. The lowest BCUT2D eigenvalue weighted by atomic mass is 10.0. The van der Waals surface area contributed by atoms with E-state index in [1.165, 1.54) is 6.07 Å². The van der Waals surface area contributed by atoms with Crippen LogP contribution in [0.15, 0.2) is 39.4 Å². The van der Waals surface area contributed by atoms with E-state index in [0.717, 1.165) is 13.0 Å². The van der Waals surface area contributed by atoms with Crippen LogP contribution in [0.25, 0.3) is 0 Å². The van der Waals surface area contributed by atoms with Gasteiger partial charge in [0, 0.05) is 10.0 Å². The molecule has 0 saturated carbocycles. The van der Waals surface area contributed by atoms with E-state index in [4.69, 9.17) is 16.0 Å². The zero-order valence-electron chi connectivity index (χ0n) is 10.4. The van der Waals surface area contributed by atoms with Gasteiger partial charge in [-0.05, 0) is 53.2 Å². The van der Waals surface area contributed by atoms with Gasteiger partial charge in [-0.2, -0.15) is 0 Å². The smallest absolute Gasteiger partial charge is 0.129 e. The fraction of sp³-hybridized carbons (Fsp3) is 0.286. The summed E-state index contributed by atoms with van der Waals surface area (Å²) in [6, 6.07) is 6.27. The average molecular weight is 347 g/mol. The van der Waals surface area contributed by atoms with Crippen molar-refractivity contribution in [1.29, 1.82) is 0 Å². The Morgan fingerprint density at radius 2 is 2.26 bits per heavy atom. The summed E-state index contributed by atoms with van der Waals surface area (Å²) < 4.78 is 20.1. The molecule has 1 atom stereocenters. The van der Waals surface area contributed by atoms with Crippen molar-refractivity contribution in [3.8, 4) is 0 Å². The Kier molecular flexibility index (Phi) is 5.02. The molecule has 2 nitrogen and oxygen atoms in total. The molecular weight excluding hydrogens is 333 g/mol. The van der Waals surface area contributed by atoms with Crippen molar-refractivity contribution in [2.75, 3.05) is 6.54 Å². The normalized spacial score (nSPS) is 12.6. The number of benzene rings is 1. The van der Waals surface area contributed by atoms with Gasteiger partial charge >= 0.3 is 0 Å². The van der Waals surface area contributed by atoms with E-state index < -0.39 is 0 Å². The van der Waals surface area contributed by atoms with Crippen LogP contribution in [-0.4, -0.2) is 6.54 Å². The van der Waals surface area contributed by atoms with Crippen LogP contribution in [0.5, 0.6) is 0 Å². The van der Waals surface area contributed by atoms with Crippen molar-refractivity contribution < 1.29 is 8.81 Å². The predicted molar refractivity (Wildman–Crippen MR) is 78.0 cm³/mol. The van der Waals surface area contributed by atoms with Gasteiger partial charge < -0.3 is 9.73 Å². The topological polar surface area (TPSA) is 25.2 Å². The highest BCUT2D eigenvalue weighted by molar-refractivity contribution is 9.10. The molecule has 0 fully saturated rings. The summed E-state index contributed by atoms with van der Waals surface area (Å²) in [6.45, 7) is 2.82. The standard InChI is InChI=1S/C14H14BrClFNO/c1-2-5-18-14(13-4-3-6-19-13)9-7-11(16)10(15)8-12(9)17/h3-4,6-8,14,18H,2,5H2,1H3. The van der Waals surface area contributed by atoms with Crippen molar-refractivity contribution in [3.63, 3.8) is 0 Å². The van der Waals surface area contributed by atoms with E-state index in [2.05, 4.69) is 28.2 Å². The fourth-order valence-electron chi connectivity index (χ4n) is 1.87. The number of nitrogens with one attached hydrogen (secondary N) is 1. The summed E-state index contributed by atoms with van der Waals surface area (Å²) in [4.78, 5) is 0. The molecule has 1 N–H and O–H groups in total. The Morgan fingerprint density at radius 1 is 1.47 bits per heavy atom. The maximum Gasteiger partial charge on any atom is 0.129 e. The molecule has 0 spiro atoms. The first kappa shape index (κ1) is 14.6. The van der Waals surface area contributed by atoms with Gasteiger partial charge in [0.1, 0.15) is 11.6 Å². The van der Waals surface area contributed by atoms with E-state index in [1.807, 2.05) is 6.07 Å². The molecule has 1 aromatic heterocycles. The van der Waals surface area contributed by atoms with E-state index >= 15 is 0 Å². The highest BCUT2D eigenvalue weighted by Gasteiger charge is 2.21. The summed E-state index contributed by atoms with van der Waals surface area (Å²) >= 11 is 9.27. The molecule has 0 bridgehead atoms. The number of rotatable bonds is 5. The van der Waals surface area contributed by atoms with E-state index in [-0.39, 0.29) is 11.9 Å². The zero-order chi connectivity index (χ0) is 13.8. The molecule has 2 rings (SSSR count). The predicted octanol–water partition coefficient (Wildman–Crippen LogP) is 4.92. The maximum atomic E-state index is 14.1. The Bertz CT molecular complexity index is 545. The van der Waals surface area contributed by atoms with Gasteiger partial charge in [-0.3, -0.25) is 0 Å². The van der Waals surface area contributed by atoms with E-state index in [9.17, 15) is 4.39 Å². The van der Waals surface area contributed by atoms with Crippen LogP contribution in [-0.2, 0) is 0 Å². The van der Waals surface area contributed by atoms with Gasteiger partial charge in [0.05, 0.1) is 17.3 Å². The minimum atomic E-state index is -0.333. The lowest BCUT2D eigenvalue weighted by Crippen LogP contribution is -2.23. The number of hydrogen-bond donors (Lipinski definition) is 1. The quantitative estimate of drug-likeness (QED) is 0.777. The molecule has 0 aliphatic heterocycles. The highest BCUT2D eigenvalue weighted by Crippen LogP contribution is 2.31. The first-order valence-corrected chi connectivity index (χ1v) is 7.21. The molecule has 1 heterocycles. The number of furan rings is 1. The van der Waals surface area contributed by atoms with Crippen LogP contribution < -0.4 is 5.32 Å². The molecule has 5 heteroatoms. The summed E-state index contributed by atoms with van der Waals surface area (Å²) in [5.74, 6) is 0.354. The summed E-state index contributed by atoms with van der Waals surface area (Å²) in [5.41, 5.74) is 0.483. The molecule has 0 amide bonds. The molecule has 1 unspecified atom stereocenters. The van der Waals surface area contributed by atoms with Gasteiger partial charge in [-0.15, -0.1) is 0 Å². The van der Waals surface area contributed by atoms with Crippen molar-refractivity contribution in [2.45, 2.75) is 19.4 Å². The van der Waals surface area contributed by atoms with E-state index in [1.54, 1.807) is 18.4 Å². The van der Waals surface area contributed by atoms with Crippen LogP contribution in [0.3, 0.4) is 0 Å². The first-order chi connectivity index (χ1) is 9.13. The Labute approximate surface area is 125 Å². The monoisotopic (exact) mass is 345 g/mol. The lowest BCUT2D eigenvalue weighted by Gasteiger charge is -2.18. The van der Waals surface area contributed by atoms with Crippen molar-refractivity contribution >= 4 is 27.5 Å². The second-order valence-corrected chi connectivity index (χ2v) is 5.45. The second kappa shape index (κ2) is 6.55. The third-order valence-corrected chi connectivity index (χ3v) is 3.97. The molecule has 0 saturated heterocycles. The van der Waals surface area contributed by atoms with Gasteiger partial charge in [-0.25, -0.2) is 4.39 Å². The molecule has 0 radical (unpaired) electrons. The third-order valence-electron chi connectivity index (χ3n) is 2.78. The molecule has 0 aliphatic rings. The number of halogens is 3. The van der Waals surface area contributed by atoms with Crippen LogP contribution in [0, 0.1) is 5.82 Å². The maximum absolute atomic E-state index is 14.1. The van der Waals surface area contributed by atoms with Crippen LogP contribution >= 0.6 is 27.5 Å². The molecule has 2 aromatic rings. The van der Waals surface area contributed by atoms with Crippen molar-refractivity contribution in [1.82, 2.24) is 5.32 Å². The zero-order valence-corrected chi connectivity index (χ0v) is 12.8. The fourth-order valence-corrected chi connectivity index (χ4v) is 2.35. The second-order valence-electron chi connectivity index (χ2n) is 4.19. The SMILES string of the molecule is CCCNC(c1ccco1)c1cc(Cl)c(Br)cc1F. The van der Waals surface area contributed by atoms with Gasteiger partial charge in [0.25, 0.3) is 0 Å². The Morgan fingerprint density at radius 3 is 2.89 bits per heavy atom. The van der Waals surface area contributed by atoms with Gasteiger partial charge in [0.15, 0.2) is 0 Å². The first-order valence-electron chi connectivity index (χ1n) is 6.04. The van der Waals surface area contributed by atoms with E-state index in [0.29, 0.717) is 20.8 Å². The Hall–Kier alpha value is -0.840. The van der Waals surface area contributed by atoms with Crippen molar-refractivity contribution in [3.05, 3.63) is 57.2 Å². The lowest BCUT2D eigenvalue weighted by molar-refractivity contribution is 0.436.